The number of carbonyl (C=O) groups excluding carboxylic acids is 4. The molecule has 5 rings (SSSR count). The number of hydrogen-bond donors (Lipinski definition) is 1. The van der Waals surface area contributed by atoms with Gasteiger partial charge in [-0.2, -0.15) is 0 Å². The standard InChI is InChI=1S/C38H36Cl4N4O4/c39-29-13-11-27(32(41)19-29)15-17-44(23-35(43)47)36(48)21-34-38(50)45(18-16-28-12-14-30(40)20-33(28)42)24-37(49)46(34)22-31(25-7-3-1-4-8-25)26-9-5-2-6-10-26/h1-14,19-20,31,34H,15-18,21-24H2,(H2,43,47). The third kappa shape index (κ3) is 9.58. The summed E-state index contributed by atoms with van der Waals surface area (Å²) in [5, 5.41) is 1.84. The largest absolute Gasteiger partial charge is 0.368 e. The Balaban J connectivity index is 1.44. The SMILES string of the molecule is NC(=O)CN(CCc1ccc(Cl)cc1Cl)C(=O)CC1C(=O)N(CCc2ccc(Cl)cc2Cl)CC(=O)N1CC(c1ccccc1)c1ccccc1. The minimum atomic E-state index is -1.13. The van der Waals surface area contributed by atoms with E-state index in [0.29, 0.717) is 32.9 Å². The van der Waals surface area contributed by atoms with Gasteiger partial charge in [0.15, 0.2) is 0 Å². The first-order chi connectivity index (χ1) is 24.0. The molecule has 4 aromatic carbocycles. The second-order valence-electron chi connectivity index (χ2n) is 12.2. The Bertz CT molecular complexity index is 1800. The van der Waals surface area contributed by atoms with Crippen LogP contribution in [0.15, 0.2) is 97.1 Å². The molecule has 8 nitrogen and oxygen atoms in total. The van der Waals surface area contributed by atoms with E-state index in [1.165, 1.54) is 14.7 Å². The predicted molar refractivity (Wildman–Crippen MR) is 198 cm³/mol. The molecule has 260 valence electrons. The molecule has 4 aromatic rings. The van der Waals surface area contributed by atoms with E-state index in [9.17, 15) is 19.2 Å². The van der Waals surface area contributed by atoms with Gasteiger partial charge in [-0.15, -0.1) is 0 Å². The second kappa shape index (κ2) is 17.2. The van der Waals surface area contributed by atoms with Crippen LogP contribution in [0.1, 0.15) is 34.6 Å². The third-order valence-electron chi connectivity index (χ3n) is 8.80. The zero-order valence-electron chi connectivity index (χ0n) is 27.1. The summed E-state index contributed by atoms with van der Waals surface area (Å²) in [5.41, 5.74) is 8.97. The highest BCUT2D eigenvalue weighted by molar-refractivity contribution is 6.35. The summed E-state index contributed by atoms with van der Waals surface area (Å²) in [6, 6.07) is 28.5. The minimum Gasteiger partial charge on any atom is -0.368 e. The maximum absolute atomic E-state index is 14.3. The van der Waals surface area contributed by atoms with Gasteiger partial charge in [0.05, 0.1) is 19.5 Å². The molecule has 4 amide bonds. The maximum atomic E-state index is 14.3. The Morgan fingerprint density at radius 3 is 1.84 bits per heavy atom. The van der Waals surface area contributed by atoms with Crippen LogP contribution in [-0.2, 0) is 32.0 Å². The molecule has 0 radical (unpaired) electrons. The fourth-order valence-corrected chi connectivity index (χ4v) is 7.18. The molecule has 1 fully saturated rings. The van der Waals surface area contributed by atoms with Crippen molar-refractivity contribution >= 4 is 70.0 Å². The number of halogens is 4. The molecule has 0 aromatic heterocycles. The molecular weight excluding hydrogens is 718 g/mol. The van der Waals surface area contributed by atoms with Crippen molar-refractivity contribution in [2.24, 2.45) is 5.73 Å². The van der Waals surface area contributed by atoms with Gasteiger partial charge in [0.1, 0.15) is 6.04 Å². The summed E-state index contributed by atoms with van der Waals surface area (Å²) in [4.78, 5) is 58.8. The molecule has 0 spiro atoms. The number of nitrogens with zero attached hydrogens (tertiary/aromatic N) is 3. The Hall–Kier alpha value is -4.08. The second-order valence-corrected chi connectivity index (χ2v) is 13.8. The first kappa shape index (κ1) is 37.2. The summed E-state index contributed by atoms with van der Waals surface area (Å²) in [5.74, 6) is -2.15. The van der Waals surface area contributed by atoms with Crippen molar-refractivity contribution in [1.82, 2.24) is 14.7 Å². The molecule has 0 aliphatic carbocycles. The summed E-state index contributed by atoms with van der Waals surface area (Å²) in [7, 11) is 0. The van der Waals surface area contributed by atoms with E-state index in [-0.39, 0.29) is 56.9 Å². The van der Waals surface area contributed by atoms with Crippen molar-refractivity contribution < 1.29 is 19.2 Å². The topological polar surface area (TPSA) is 104 Å². The summed E-state index contributed by atoms with van der Waals surface area (Å²) in [6.07, 6.45) is 0.344. The Morgan fingerprint density at radius 2 is 1.32 bits per heavy atom. The third-order valence-corrected chi connectivity index (χ3v) is 9.98. The number of nitrogens with two attached hydrogens (primary N) is 1. The lowest BCUT2D eigenvalue weighted by Gasteiger charge is -2.42. The van der Waals surface area contributed by atoms with E-state index in [4.69, 9.17) is 52.1 Å². The van der Waals surface area contributed by atoms with Gasteiger partial charge in [-0.1, -0.05) is 119 Å². The van der Waals surface area contributed by atoms with Crippen molar-refractivity contribution in [2.45, 2.75) is 31.2 Å². The molecule has 50 heavy (non-hydrogen) atoms. The van der Waals surface area contributed by atoms with Gasteiger partial charge in [0.2, 0.25) is 23.6 Å². The molecule has 2 N–H and O–H groups in total. The number of benzene rings is 4. The van der Waals surface area contributed by atoms with Gasteiger partial charge in [0.25, 0.3) is 0 Å². The number of rotatable bonds is 14. The van der Waals surface area contributed by atoms with Crippen LogP contribution in [0.3, 0.4) is 0 Å². The molecule has 1 aliphatic rings. The number of amides is 4. The summed E-state index contributed by atoms with van der Waals surface area (Å²) < 4.78 is 0. The van der Waals surface area contributed by atoms with E-state index in [1.54, 1.807) is 36.4 Å². The first-order valence-electron chi connectivity index (χ1n) is 16.1. The fourth-order valence-electron chi connectivity index (χ4n) is 6.17. The summed E-state index contributed by atoms with van der Waals surface area (Å²) >= 11 is 24.9. The van der Waals surface area contributed by atoms with Gasteiger partial charge in [-0.3, -0.25) is 19.2 Å². The van der Waals surface area contributed by atoms with Crippen LogP contribution < -0.4 is 5.73 Å². The van der Waals surface area contributed by atoms with Crippen LogP contribution in [0.2, 0.25) is 20.1 Å². The van der Waals surface area contributed by atoms with Crippen LogP contribution in [-0.4, -0.2) is 77.1 Å². The predicted octanol–water partition coefficient (Wildman–Crippen LogP) is 6.66. The molecule has 1 aliphatic heterocycles. The average Bonchev–Trinajstić information content (AvgIpc) is 3.09. The van der Waals surface area contributed by atoms with Crippen LogP contribution >= 0.6 is 46.4 Å². The van der Waals surface area contributed by atoms with E-state index in [0.717, 1.165) is 22.3 Å². The van der Waals surface area contributed by atoms with E-state index < -0.39 is 17.9 Å². The monoisotopic (exact) mass is 752 g/mol. The number of piperazine rings is 1. The molecule has 1 atom stereocenters. The van der Waals surface area contributed by atoms with Crippen LogP contribution in [0, 0.1) is 0 Å². The van der Waals surface area contributed by atoms with Crippen molar-refractivity contribution in [1.29, 1.82) is 0 Å². The normalized spacial score (nSPS) is 14.7. The van der Waals surface area contributed by atoms with Gasteiger partial charge < -0.3 is 20.4 Å². The van der Waals surface area contributed by atoms with E-state index in [2.05, 4.69) is 0 Å². The molecule has 1 saturated heterocycles. The molecule has 1 heterocycles. The lowest BCUT2D eigenvalue weighted by molar-refractivity contribution is -0.158. The van der Waals surface area contributed by atoms with Crippen molar-refractivity contribution in [2.75, 3.05) is 32.7 Å². The lowest BCUT2D eigenvalue weighted by atomic mass is 9.89. The Kier molecular flexibility index (Phi) is 12.8. The van der Waals surface area contributed by atoms with Gasteiger partial charge >= 0.3 is 0 Å². The quantitative estimate of drug-likeness (QED) is 0.156. The highest BCUT2D eigenvalue weighted by atomic mass is 35.5. The van der Waals surface area contributed by atoms with Crippen LogP contribution in [0.25, 0.3) is 0 Å². The summed E-state index contributed by atoms with van der Waals surface area (Å²) in [6.45, 7) is -0.0677. The maximum Gasteiger partial charge on any atom is 0.246 e. The van der Waals surface area contributed by atoms with Crippen molar-refractivity contribution in [3.8, 4) is 0 Å². The molecule has 0 bridgehead atoms. The van der Waals surface area contributed by atoms with E-state index in [1.807, 2.05) is 60.7 Å². The first-order valence-corrected chi connectivity index (χ1v) is 17.6. The molecule has 0 saturated carbocycles. The lowest BCUT2D eigenvalue weighted by Crippen LogP contribution is -2.62. The molecule has 1 unspecified atom stereocenters. The van der Waals surface area contributed by atoms with Crippen molar-refractivity contribution in [3.05, 3.63) is 139 Å². The Labute approximate surface area is 311 Å². The average molecular weight is 755 g/mol. The minimum absolute atomic E-state index is 0.105. The van der Waals surface area contributed by atoms with Gasteiger partial charge in [-0.25, -0.2) is 0 Å². The van der Waals surface area contributed by atoms with Crippen LogP contribution in [0.5, 0.6) is 0 Å². The highest BCUT2D eigenvalue weighted by Gasteiger charge is 2.42. The fraction of sp³-hybridized carbons (Fsp3) is 0.263. The van der Waals surface area contributed by atoms with Gasteiger partial charge in [-0.05, 0) is 59.4 Å². The number of hydrogen-bond acceptors (Lipinski definition) is 4. The number of carbonyl (C=O) groups is 4. The number of primary amides is 1. The zero-order chi connectivity index (χ0) is 35.8. The van der Waals surface area contributed by atoms with Gasteiger partial charge in [0, 0.05) is 45.6 Å². The van der Waals surface area contributed by atoms with Crippen molar-refractivity contribution in [3.63, 3.8) is 0 Å². The highest BCUT2D eigenvalue weighted by Crippen LogP contribution is 2.30. The molecule has 12 heteroatoms. The smallest absolute Gasteiger partial charge is 0.246 e. The Morgan fingerprint density at radius 1 is 0.780 bits per heavy atom. The zero-order valence-corrected chi connectivity index (χ0v) is 30.1. The van der Waals surface area contributed by atoms with Crippen LogP contribution in [0.4, 0.5) is 0 Å². The van der Waals surface area contributed by atoms with E-state index >= 15 is 0 Å². The molecular formula is C38H36Cl4N4O4.